The molecule has 1 heterocycles. The third kappa shape index (κ3) is 2.35. The number of rotatable bonds is 3. The average Bonchev–Trinajstić information content (AvgIpc) is 2.57. The molecule has 5 nitrogen and oxygen atoms in total. The maximum Gasteiger partial charge on any atom is 0.308 e. The Bertz CT molecular complexity index is 291. The summed E-state index contributed by atoms with van der Waals surface area (Å²) < 4.78 is 0. The van der Waals surface area contributed by atoms with Gasteiger partial charge in [0.05, 0.1) is 12.0 Å². The molecule has 92 valence electrons. The number of aliphatic carboxylic acids is 1. The Labute approximate surface area is 95.6 Å². The summed E-state index contributed by atoms with van der Waals surface area (Å²) in [5, 5.41) is 8.96. The highest BCUT2D eigenvalue weighted by Crippen LogP contribution is 2.25. The van der Waals surface area contributed by atoms with Gasteiger partial charge >= 0.3 is 5.97 Å². The number of likely N-dealkylation sites (tertiary alicyclic amines) is 1. The summed E-state index contributed by atoms with van der Waals surface area (Å²) in [4.78, 5) is 24.5. The molecule has 0 saturated carbocycles. The molecule has 1 aliphatic rings. The van der Waals surface area contributed by atoms with Gasteiger partial charge in [0.1, 0.15) is 0 Å². The van der Waals surface area contributed by atoms with Crippen LogP contribution in [-0.4, -0.2) is 40.5 Å². The van der Waals surface area contributed by atoms with Crippen molar-refractivity contribution in [3.05, 3.63) is 0 Å². The van der Waals surface area contributed by atoms with Crippen LogP contribution in [0.4, 0.5) is 0 Å². The Balaban J connectivity index is 2.70. The van der Waals surface area contributed by atoms with Gasteiger partial charge in [0.15, 0.2) is 0 Å². The van der Waals surface area contributed by atoms with Crippen LogP contribution in [0.1, 0.15) is 27.2 Å². The monoisotopic (exact) mass is 228 g/mol. The molecule has 3 atom stereocenters. The van der Waals surface area contributed by atoms with E-state index in [9.17, 15) is 9.59 Å². The molecule has 0 bridgehead atoms. The first-order chi connectivity index (χ1) is 7.36. The zero-order valence-corrected chi connectivity index (χ0v) is 10.0. The lowest BCUT2D eigenvalue weighted by Gasteiger charge is -2.27. The van der Waals surface area contributed by atoms with Gasteiger partial charge in [0.2, 0.25) is 5.91 Å². The summed E-state index contributed by atoms with van der Waals surface area (Å²) in [7, 11) is 0. The van der Waals surface area contributed by atoms with Gasteiger partial charge in [-0.3, -0.25) is 9.59 Å². The van der Waals surface area contributed by atoms with Crippen LogP contribution in [0.25, 0.3) is 0 Å². The Morgan fingerprint density at radius 2 is 2.00 bits per heavy atom. The Hall–Kier alpha value is -1.10. The van der Waals surface area contributed by atoms with Crippen molar-refractivity contribution in [2.24, 2.45) is 17.6 Å². The standard InChI is InChI=1S/C11H20N2O3/c1-6(2)9(12)10(14)13-5-4-8(7(13)3)11(15)16/h6-9H,4-5,12H2,1-3H3,(H,15,16)/t7?,8?,9-/m0/s1. The van der Waals surface area contributed by atoms with E-state index >= 15 is 0 Å². The number of carbonyl (C=O) groups excluding carboxylic acids is 1. The van der Waals surface area contributed by atoms with Gasteiger partial charge in [-0.15, -0.1) is 0 Å². The number of carbonyl (C=O) groups is 2. The highest BCUT2D eigenvalue weighted by molar-refractivity contribution is 5.83. The van der Waals surface area contributed by atoms with Crippen LogP contribution >= 0.6 is 0 Å². The zero-order valence-electron chi connectivity index (χ0n) is 10.0. The summed E-state index contributed by atoms with van der Waals surface area (Å²) in [5.74, 6) is -1.35. The highest BCUT2D eigenvalue weighted by atomic mass is 16.4. The van der Waals surface area contributed by atoms with E-state index in [1.165, 1.54) is 0 Å². The molecule has 2 unspecified atom stereocenters. The van der Waals surface area contributed by atoms with Crippen molar-refractivity contribution in [3.8, 4) is 0 Å². The Morgan fingerprint density at radius 1 is 1.44 bits per heavy atom. The van der Waals surface area contributed by atoms with Gasteiger partial charge in [-0.25, -0.2) is 0 Å². The first-order valence-corrected chi connectivity index (χ1v) is 5.65. The van der Waals surface area contributed by atoms with E-state index in [-0.39, 0.29) is 17.9 Å². The summed E-state index contributed by atoms with van der Waals surface area (Å²) in [6.45, 7) is 6.05. The molecule has 0 aliphatic carbocycles. The predicted octanol–water partition coefficient (Wildman–Crippen LogP) is 0.291. The van der Waals surface area contributed by atoms with Crippen molar-refractivity contribution in [3.63, 3.8) is 0 Å². The molecule has 0 aromatic heterocycles. The number of carboxylic acids is 1. The summed E-state index contributed by atoms with van der Waals surface area (Å²) in [5.41, 5.74) is 5.78. The third-order valence-corrected chi connectivity index (χ3v) is 3.36. The van der Waals surface area contributed by atoms with Gasteiger partial charge in [0, 0.05) is 12.6 Å². The summed E-state index contributed by atoms with van der Waals surface area (Å²) >= 11 is 0. The maximum absolute atomic E-state index is 12.0. The highest BCUT2D eigenvalue weighted by Gasteiger charge is 2.39. The van der Waals surface area contributed by atoms with Crippen LogP contribution in [0.5, 0.6) is 0 Å². The van der Waals surface area contributed by atoms with Crippen molar-refractivity contribution in [1.29, 1.82) is 0 Å². The van der Waals surface area contributed by atoms with Crippen LogP contribution in [0.3, 0.4) is 0 Å². The van der Waals surface area contributed by atoms with Crippen LogP contribution in [0, 0.1) is 11.8 Å². The van der Waals surface area contributed by atoms with Gasteiger partial charge in [-0.1, -0.05) is 13.8 Å². The van der Waals surface area contributed by atoms with Crippen molar-refractivity contribution >= 4 is 11.9 Å². The topological polar surface area (TPSA) is 83.6 Å². The lowest BCUT2D eigenvalue weighted by molar-refractivity contribution is -0.143. The van der Waals surface area contributed by atoms with Crippen LogP contribution < -0.4 is 5.73 Å². The van der Waals surface area contributed by atoms with Gasteiger partial charge < -0.3 is 15.7 Å². The van der Waals surface area contributed by atoms with Gasteiger partial charge in [-0.05, 0) is 19.3 Å². The quantitative estimate of drug-likeness (QED) is 0.727. The SMILES string of the molecule is CC(C)[C@H](N)C(=O)N1CCC(C(=O)O)C1C. The molecular formula is C11H20N2O3. The molecule has 1 amide bonds. The van der Waals surface area contributed by atoms with Crippen molar-refractivity contribution in [2.75, 3.05) is 6.54 Å². The lowest BCUT2D eigenvalue weighted by atomic mass is 10.0. The van der Waals surface area contributed by atoms with Crippen molar-refractivity contribution in [1.82, 2.24) is 4.90 Å². The van der Waals surface area contributed by atoms with Crippen molar-refractivity contribution in [2.45, 2.75) is 39.3 Å². The minimum absolute atomic E-state index is 0.0728. The van der Waals surface area contributed by atoms with Crippen molar-refractivity contribution < 1.29 is 14.7 Å². The zero-order chi connectivity index (χ0) is 12.5. The fourth-order valence-corrected chi connectivity index (χ4v) is 2.06. The average molecular weight is 228 g/mol. The van der Waals surface area contributed by atoms with E-state index in [2.05, 4.69) is 0 Å². The van der Waals surface area contributed by atoms with Crippen LogP contribution in [0.15, 0.2) is 0 Å². The molecule has 0 spiro atoms. The molecule has 1 aliphatic heterocycles. The van der Waals surface area contributed by atoms with Crippen LogP contribution in [-0.2, 0) is 9.59 Å². The number of amides is 1. The minimum atomic E-state index is -0.832. The number of hydrogen-bond acceptors (Lipinski definition) is 3. The number of carboxylic acid groups (broad SMARTS) is 1. The molecule has 1 rings (SSSR count). The molecule has 5 heteroatoms. The maximum atomic E-state index is 12.0. The number of hydrogen-bond donors (Lipinski definition) is 2. The first kappa shape index (κ1) is 13.0. The molecule has 1 fully saturated rings. The molecule has 0 aromatic rings. The largest absolute Gasteiger partial charge is 0.481 e. The predicted molar refractivity (Wildman–Crippen MR) is 59.7 cm³/mol. The van der Waals surface area contributed by atoms with E-state index in [4.69, 9.17) is 10.8 Å². The molecule has 0 aromatic carbocycles. The smallest absolute Gasteiger partial charge is 0.308 e. The van der Waals surface area contributed by atoms with E-state index in [1.807, 2.05) is 13.8 Å². The fraction of sp³-hybridized carbons (Fsp3) is 0.818. The number of nitrogens with two attached hydrogens (primary N) is 1. The van der Waals surface area contributed by atoms with E-state index in [1.54, 1.807) is 11.8 Å². The fourth-order valence-electron chi connectivity index (χ4n) is 2.06. The van der Waals surface area contributed by atoms with E-state index in [0.717, 1.165) is 0 Å². The molecule has 3 N–H and O–H groups in total. The summed E-state index contributed by atoms with van der Waals surface area (Å²) in [6.07, 6.45) is 0.521. The normalized spacial score (nSPS) is 27.2. The Kier molecular flexibility index (Phi) is 3.91. The molecule has 0 radical (unpaired) electrons. The second kappa shape index (κ2) is 4.82. The number of nitrogens with zero attached hydrogens (tertiary/aromatic N) is 1. The lowest BCUT2D eigenvalue weighted by Crippen LogP contribution is -2.48. The third-order valence-electron chi connectivity index (χ3n) is 3.36. The van der Waals surface area contributed by atoms with Crippen LogP contribution in [0.2, 0.25) is 0 Å². The van der Waals surface area contributed by atoms with E-state index < -0.39 is 17.9 Å². The second-order valence-electron chi connectivity index (χ2n) is 4.78. The van der Waals surface area contributed by atoms with Gasteiger partial charge in [0.25, 0.3) is 0 Å². The minimum Gasteiger partial charge on any atom is -0.481 e. The second-order valence-corrected chi connectivity index (χ2v) is 4.78. The first-order valence-electron chi connectivity index (χ1n) is 5.65. The molecule has 1 saturated heterocycles. The molecular weight excluding hydrogens is 208 g/mol. The Morgan fingerprint density at radius 3 is 2.38 bits per heavy atom. The van der Waals surface area contributed by atoms with Gasteiger partial charge in [-0.2, -0.15) is 0 Å². The van der Waals surface area contributed by atoms with E-state index in [0.29, 0.717) is 13.0 Å². The summed E-state index contributed by atoms with van der Waals surface area (Å²) in [6, 6.07) is -0.787. The molecule has 16 heavy (non-hydrogen) atoms.